The number of para-hydroxylation sites is 1. The number of carbonyl (C=O) groups excluding carboxylic acids is 1. The van der Waals surface area contributed by atoms with Crippen molar-refractivity contribution in [3.05, 3.63) is 71.7 Å². The lowest BCUT2D eigenvalue weighted by atomic mass is 9.98. The van der Waals surface area contributed by atoms with Gasteiger partial charge in [-0.15, -0.1) is 0 Å². The number of aromatic nitrogens is 2. The monoisotopic (exact) mass is 443 g/mol. The molecular weight excluding hydrogens is 423 g/mol. The first-order valence-electron chi connectivity index (χ1n) is 9.82. The zero-order valence-corrected chi connectivity index (χ0v) is 17.3. The van der Waals surface area contributed by atoms with Gasteiger partial charge in [-0.3, -0.25) is 4.79 Å². The van der Waals surface area contributed by atoms with E-state index in [4.69, 9.17) is 4.74 Å². The van der Waals surface area contributed by atoms with Crippen molar-refractivity contribution >= 4 is 11.6 Å². The number of anilines is 1. The van der Waals surface area contributed by atoms with E-state index >= 15 is 0 Å². The normalized spacial score (nSPS) is 13.9. The van der Waals surface area contributed by atoms with Crippen molar-refractivity contribution in [2.45, 2.75) is 32.2 Å². The minimum atomic E-state index is -4.48. The highest BCUT2D eigenvalue weighted by atomic mass is 19.4. The number of amides is 1. The number of aliphatic hydroxyl groups is 1. The van der Waals surface area contributed by atoms with E-state index in [9.17, 15) is 23.1 Å². The molecule has 0 radical (unpaired) electrons. The number of halogens is 3. The summed E-state index contributed by atoms with van der Waals surface area (Å²) in [6, 6.07) is 13.2. The van der Waals surface area contributed by atoms with Gasteiger partial charge < -0.3 is 14.7 Å². The van der Waals surface area contributed by atoms with Crippen LogP contribution in [0.25, 0.3) is 11.3 Å². The quantitative estimate of drug-likeness (QED) is 0.630. The number of carbonyl (C=O) groups is 1. The van der Waals surface area contributed by atoms with Crippen LogP contribution in [0.1, 0.15) is 35.5 Å². The second kappa shape index (κ2) is 7.90. The third-order valence-electron chi connectivity index (χ3n) is 5.13. The first kappa shape index (κ1) is 21.8. The van der Waals surface area contributed by atoms with Gasteiger partial charge in [0.05, 0.1) is 17.8 Å². The molecule has 0 atom stereocenters. The smallest absolute Gasteiger partial charge is 0.422 e. The molecule has 2 heterocycles. The van der Waals surface area contributed by atoms with Crippen molar-refractivity contribution in [1.82, 2.24) is 9.97 Å². The number of rotatable bonds is 5. The van der Waals surface area contributed by atoms with Crippen LogP contribution in [0.4, 0.5) is 18.9 Å². The van der Waals surface area contributed by atoms with Gasteiger partial charge in [0.2, 0.25) is 0 Å². The van der Waals surface area contributed by atoms with Gasteiger partial charge in [0.25, 0.3) is 5.91 Å². The summed E-state index contributed by atoms with van der Waals surface area (Å²) in [5.41, 5.74) is 1.67. The molecule has 0 bridgehead atoms. The zero-order chi connectivity index (χ0) is 23.1. The highest BCUT2D eigenvalue weighted by molar-refractivity contribution is 6.09. The SMILES string of the molecule is CC(C)(O)c1ccc(N2Cc3c(ncnc3-c3ccccc3OCC(F)(F)F)C2=O)cc1. The Kier molecular flexibility index (Phi) is 5.37. The van der Waals surface area contributed by atoms with Gasteiger partial charge in [-0.25, -0.2) is 9.97 Å². The van der Waals surface area contributed by atoms with Crippen LogP contribution in [0.15, 0.2) is 54.9 Å². The van der Waals surface area contributed by atoms with E-state index in [1.54, 1.807) is 56.3 Å². The zero-order valence-electron chi connectivity index (χ0n) is 17.3. The molecule has 32 heavy (non-hydrogen) atoms. The molecular formula is C23H20F3N3O3. The Bertz CT molecular complexity index is 1160. The van der Waals surface area contributed by atoms with E-state index in [0.29, 0.717) is 28.1 Å². The molecule has 4 rings (SSSR count). The van der Waals surface area contributed by atoms with Crippen LogP contribution in [0, 0.1) is 0 Å². The highest BCUT2D eigenvalue weighted by Gasteiger charge is 2.34. The molecule has 3 aromatic rings. The van der Waals surface area contributed by atoms with Crippen molar-refractivity contribution in [2.24, 2.45) is 0 Å². The second-order valence-electron chi connectivity index (χ2n) is 7.95. The molecule has 1 amide bonds. The Morgan fingerprint density at radius 2 is 1.69 bits per heavy atom. The fourth-order valence-corrected chi connectivity index (χ4v) is 3.54. The van der Waals surface area contributed by atoms with Crippen molar-refractivity contribution in [3.8, 4) is 17.0 Å². The maximum atomic E-state index is 13.0. The van der Waals surface area contributed by atoms with E-state index in [-0.39, 0.29) is 23.9 Å². The van der Waals surface area contributed by atoms with Crippen molar-refractivity contribution in [3.63, 3.8) is 0 Å². The van der Waals surface area contributed by atoms with Crippen LogP contribution >= 0.6 is 0 Å². The number of hydrogen-bond acceptors (Lipinski definition) is 5. The first-order chi connectivity index (χ1) is 15.0. The molecule has 0 fully saturated rings. The van der Waals surface area contributed by atoms with Gasteiger partial charge in [-0.2, -0.15) is 13.2 Å². The van der Waals surface area contributed by atoms with Crippen LogP contribution < -0.4 is 9.64 Å². The largest absolute Gasteiger partial charge is 0.483 e. The molecule has 0 aliphatic carbocycles. The van der Waals surface area contributed by atoms with Gasteiger partial charge in [-0.1, -0.05) is 24.3 Å². The van der Waals surface area contributed by atoms with Gasteiger partial charge in [0, 0.05) is 16.8 Å². The van der Waals surface area contributed by atoms with E-state index in [0.717, 1.165) is 0 Å². The predicted octanol–water partition coefficient (Wildman–Crippen LogP) is 4.47. The lowest BCUT2D eigenvalue weighted by Crippen LogP contribution is -2.23. The number of benzene rings is 2. The second-order valence-corrected chi connectivity index (χ2v) is 7.95. The van der Waals surface area contributed by atoms with E-state index in [1.165, 1.54) is 17.3 Å². The molecule has 1 aliphatic heterocycles. The molecule has 1 aromatic heterocycles. The van der Waals surface area contributed by atoms with Gasteiger partial charge >= 0.3 is 6.18 Å². The minimum Gasteiger partial charge on any atom is -0.483 e. The average molecular weight is 443 g/mol. The number of nitrogens with zero attached hydrogens (tertiary/aromatic N) is 3. The summed E-state index contributed by atoms with van der Waals surface area (Å²) in [5, 5.41) is 10.1. The van der Waals surface area contributed by atoms with Crippen LogP contribution in [0.5, 0.6) is 5.75 Å². The minimum absolute atomic E-state index is 0.0196. The summed E-state index contributed by atoms with van der Waals surface area (Å²) < 4.78 is 43.0. The van der Waals surface area contributed by atoms with Crippen LogP contribution in [0.2, 0.25) is 0 Å². The molecule has 2 aromatic carbocycles. The summed E-state index contributed by atoms with van der Waals surface area (Å²) in [4.78, 5) is 22.9. The molecule has 6 nitrogen and oxygen atoms in total. The molecule has 166 valence electrons. The van der Waals surface area contributed by atoms with Gasteiger partial charge in [0.1, 0.15) is 17.8 Å². The Morgan fingerprint density at radius 3 is 2.34 bits per heavy atom. The Balaban J connectivity index is 1.68. The average Bonchev–Trinajstić information content (AvgIpc) is 3.08. The molecule has 0 saturated heterocycles. The lowest BCUT2D eigenvalue weighted by molar-refractivity contribution is -0.153. The molecule has 0 saturated carbocycles. The number of alkyl halides is 3. The maximum absolute atomic E-state index is 13.0. The predicted molar refractivity (Wildman–Crippen MR) is 111 cm³/mol. The number of hydrogen-bond donors (Lipinski definition) is 1. The number of ether oxygens (including phenoxy) is 1. The van der Waals surface area contributed by atoms with Crippen molar-refractivity contribution in [1.29, 1.82) is 0 Å². The van der Waals surface area contributed by atoms with Crippen LogP contribution in [0.3, 0.4) is 0 Å². The molecule has 1 aliphatic rings. The maximum Gasteiger partial charge on any atom is 0.422 e. The number of fused-ring (bicyclic) bond motifs is 1. The first-order valence-corrected chi connectivity index (χ1v) is 9.82. The Labute approximate surface area is 182 Å². The Hall–Kier alpha value is -3.46. The van der Waals surface area contributed by atoms with E-state index in [1.807, 2.05) is 0 Å². The summed E-state index contributed by atoms with van der Waals surface area (Å²) in [7, 11) is 0. The van der Waals surface area contributed by atoms with Crippen LogP contribution in [-0.4, -0.2) is 33.8 Å². The summed E-state index contributed by atoms with van der Waals surface area (Å²) >= 11 is 0. The fraction of sp³-hybridized carbons (Fsp3) is 0.261. The van der Waals surface area contributed by atoms with E-state index in [2.05, 4.69) is 9.97 Å². The van der Waals surface area contributed by atoms with Gasteiger partial charge in [-0.05, 0) is 43.7 Å². The summed E-state index contributed by atoms with van der Waals surface area (Å²) in [6.07, 6.45) is -3.27. The topological polar surface area (TPSA) is 75.6 Å². The molecule has 9 heteroatoms. The van der Waals surface area contributed by atoms with E-state index < -0.39 is 18.4 Å². The standard InChI is InChI=1S/C23H20F3N3O3/c1-22(2,31)14-7-9-15(10-8-14)29-11-17-19(27-13-28-20(17)21(29)30)16-5-3-4-6-18(16)32-12-23(24,25)26/h3-10,13,31H,11-12H2,1-2H3. The molecule has 1 N–H and O–H groups in total. The molecule has 0 spiro atoms. The van der Waals surface area contributed by atoms with Crippen molar-refractivity contribution < 1.29 is 27.8 Å². The third-order valence-corrected chi connectivity index (χ3v) is 5.13. The Morgan fingerprint density at radius 1 is 1.03 bits per heavy atom. The van der Waals surface area contributed by atoms with Crippen LogP contribution in [-0.2, 0) is 12.1 Å². The summed E-state index contributed by atoms with van der Waals surface area (Å²) in [6.45, 7) is 2.05. The highest BCUT2D eigenvalue weighted by Crippen LogP contribution is 2.37. The third kappa shape index (κ3) is 4.29. The summed E-state index contributed by atoms with van der Waals surface area (Å²) in [5.74, 6) is -0.320. The lowest BCUT2D eigenvalue weighted by Gasteiger charge is -2.20. The molecule has 0 unspecified atom stereocenters. The van der Waals surface area contributed by atoms with Gasteiger partial charge in [0.15, 0.2) is 6.61 Å². The van der Waals surface area contributed by atoms with Crippen molar-refractivity contribution in [2.75, 3.05) is 11.5 Å². The fourth-order valence-electron chi connectivity index (χ4n) is 3.54.